The summed E-state index contributed by atoms with van der Waals surface area (Å²) >= 11 is 0. The molecular formula is C16H30S. The summed E-state index contributed by atoms with van der Waals surface area (Å²) in [6, 6.07) is 0. The van der Waals surface area contributed by atoms with E-state index in [1.807, 2.05) is 0 Å². The van der Waals surface area contributed by atoms with Gasteiger partial charge in [0.25, 0.3) is 0 Å². The van der Waals surface area contributed by atoms with Crippen molar-refractivity contribution < 1.29 is 0 Å². The number of rotatable bonds is 0. The van der Waals surface area contributed by atoms with Crippen LogP contribution < -0.4 is 0 Å². The maximum absolute atomic E-state index is 2.32. The van der Waals surface area contributed by atoms with Crippen molar-refractivity contribution in [3.63, 3.8) is 0 Å². The fourth-order valence-electron chi connectivity index (χ4n) is 2.23. The van der Waals surface area contributed by atoms with Gasteiger partial charge in [-0.2, -0.15) is 13.5 Å². The van der Waals surface area contributed by atoms with E-state index in [0.717, 1.165) is 0 Å². The molecule has 0 amide bonds. The number of allylic oxidation sites excluding steroid dienone is 4. The van der Waals surface area contributed by atoms with Gasteiger partial charge in [-0.15, -0.1) is 0 Å². The van der Waals surface area contributed by atoms with Gasteiger partial charge in [-0.1, -0.05) is 50.0 Å². The Morgan fingerprint density at radius 1 is 0.353 bits per heavy atom. The second kappa shape index (κ2) is 13.9. The molecular weight excluding hydrogens is 224 g/mol. The van der Waals surface area contributed by atoms with Crippen LogP contribution in [0.25, 0.3) is 0 Å². The summed E-state index contributed by atoms with van der Waals surface area (Å²) in [7, 11) is 0. The zero-order chi connectivity index (χ0) is 11.3. The Morgan fingerprint density at radius 3 is 0.824 bits per heavy atom. The molecule has 0 radical (unpaired) electrons. The molecule has 0 aliphatic heterocycles. The summed E-state index contributed by atoms with van der Waals surface area (Å²) in [5, 5.41) is 0. The monoisotopic (exact) mass is 254 g/mol. The maximum atomic E-state index is 2.32. The molecule has 2 rings (SSSR count). The molecule has 0 aromatic heterocycles. The van der Waals surface area contributed by atoms with Crippen LogP contribution in [0.2, 0.25) is 0 Å². The Kier molecular flexibility index (Phi) is 13.8. The van der Waals surface area contributed by atoms with Gasteiger partial charge in [0.1, 0.15) is 0 Å². The Labute approximate surface area is 115 Å². The topological polar surface area (TPSA) is 0 Å². The van der Waals surface area contributed by atoms with Crippen molar-refractivity contribution in [2.75, 3.05) is 0 Å². The first-order valence-electron chi connectivity index (χ1n) is 7.30. The van der Waals surface area contributed by atoms with Crippen LogP contribution >= 0.6 is 13.5 Å². The predicted octanol–water partition coefficient (Wildman–Crippen LogP) is 5.91. The summed E-state index contributed by atoms with van der Waals surface area (Å²) in [5.74, 6) is 0. The molecule has 0 saturated heterocycles. The summed E-state index contributed by atoms with van der Waals surface area (Å²) in [4.78, 5) is 0. The first-order chi connectivity index (χ1) is 8.00. The van der Waals surface area contributed by atoms with Crippen LogP contribution in [0.15, 0.2) is 24.3 Å². The fourth-order valence-corrected chi connectivity index (χ4v) is 2.23. The quantitative estimate of drug-likeness (QED) is 0.472. The van der Waals surface area contributed by atoms with E-state index in [1.165, 1.54) is 77.0 Å². The molecule has 1 heteroatoms. The lowest BCUT2D eigenvalue weighted by Gasteiger charge is -2.00. The third-order valence-electron chi connectivity index (χ3n) is 3.32. The SMILES string of the molecule is C1=C\CCCCCC/1.C1=C\CCCCCC/1.S. The van der Waals surface area contributed by atoms with E-state index < -0.39 is 0 Å². The van der Waals surface area contributed by atoms with Crippen molar-refractivity contribution in [1.82, 2.24) is 0 Å². The minimum atomic E-state index is 0. The third kappa shape index (κ3) is 12.1. The number of hydrogen-bond donors (Lipinski definition) is 0. The highest BCUT2D eigenvalue weighted by Gasteiger charge is 1.90. The van der Waals surface area contributed by atoms with Crippen LogP contribution in [0.5, 0.6) is 0 Å². The van der Waals surface area contributed by atoms with Gasteiger partial charge in [-0.3, -0.25) is 0 Å². The minimum Gasteiger partial charge on any atom is -0.197 e. The Morgan fingerprint density at radius 2 is 0.588 bits per heavy atom. The van der Waals surface area contributed by atoms with Crippen molar-refractivity contribution in [2.24, 2.45) is 0 Å². The van der Waals surface area contributed by atoms with Crippen LogP contribution in [0.1, 0.15) is 77.0 Å². The molecule has 0 aromatic carbocycles. The average molecular weight is 254 g/mol. The second-order valence-corrected chi connectivity index (χ2v) is 4.93. The van der Waals surface area contributed by atoms with E-state index >= 15 is 0 Å². The zero-order valence-electron chi connectivity index (χ0n) is 11.3. The normalized spacial score (nSPS) is 24.5. The predicted molar refractivity (Wildman–Crippen MR) is 84.1 cm³/mol. The maximum Gasteiger partial charge on any atom is -0.0351 e. The molecule has 0 N–H and O–H groups in total. The van der Waals surface area contributed by atoms with Crippen LogP contribution in [0, 0.1) is 0 Å². The Balaban J connectivity index is 0.000000284. The summed E-state index contributed by atoms with van der Waals surface area (Å²) in [6.45, 7) is 0. The van der Waals surface area contributed by atoms with Gasteiger partial charge in [0.2, 0.25) is 0 Å². The summed E-state index contributed by atoms with van der Waals surface area (Å²) in [5.41, 5.74) is 0. The van der Waals surface area contributed by atoms with Crippen molar-refractivity contribution in [3.05, 3.63) is 24.3 Å². The second-order valence-electron chi connectivity index (χ2n) is 4.93. The molecule has 100 valence electrons. The van der Waals surface area contributed by atoms with E-state index in [-0.39, 0.29) is 13.5 Å². The van der Waals surface area contributed by atoms with Crippen molar-refractivity contribution in [2.45, 2.75) is 77.0 Å². The van der Waals surface area contributed by atoms with E-state index in [1.54, 1.807) is 0 Å². The molecule has 2 aliphatic rings. The lowest BCUT2D eigenvalue weighted by atomic mass is 10.1. The van der Waals surface area contributed by atoms with Gasteiger partial charge in [0.05, 0.1) is 0 Å². The summed E-state index contributed by atoms with van der Waals surface area (Å²) in [6.07, 6.45) is 26.0. The van der Waals surface area contributed by atoms with Crippen molar-refractivity contribution in [3.8, 4) is 0 Å². The first-order valence-corrected chi connectivity index (χ1v) is 7.30. The van der Waals surface area contributed by atoms with Crippen LogP contribution in [-0.2, 0) is 0 Å². The van der Waals surface area contributed by atoms with Gasteiger partial charge in [0.15, 0.2) is 0 Å². The standard InChI is InChI=1S/2C8H14.H2S/c2*1-2-4-6-8-7-5-3-1;/h2*1-2H,3-8H2;1H2/b2*2-1-;. The molecule has 0 atom stereocenters. The third-order valence-corrected chi connectivity index (χ3v) is 3.32. The highest BCUT2D eigenvalue weighted by Crippen LogP contribution is 2.10. The smallest absolute Gasteiger partial charge is 0.0351 e. The highest BCUT2D eigenvalue weighted by atomic mass is 32.1. The molecule has 0 spiro atoms. The Hall–Kier alpha value is -0.170. The minimum absolute atomic E-state index is 0. The first kappa shape index (κ1) is 16.8. The largest absolute Gasteiger partial charge is 0.197 e. The molecule has 0 fully saturated rings. The van der Waals surface area contributed by atoms with Gasteiger partial charge in [0, 0.05) is 0 Å². The molecule has 0 bridgehead atoms. The highest BCUT2D eigenvalue weighted by molar-refractivity contribution is 7.59. The van der Waals surface area contributed by atoms with Crippen LogP contribution in [0.3, 0.4) is 0 Å². The number of hydrogen-bond acceptors (Lipinski definition) is 0. The molecule has 2 aliphatic carbocycles. The van der Waals surface area contributed by atoms with Gasteiger partial charge < -0.3 is 0 Å². The fraction of sp³-hybridized carbons (Fsp3) is 0.750. The Bertz CT molecular complexity index is 152. The molecule has 0 aromatic rings. The lowest BCUT2D eigenvalue weighted by Crippen LogP contribution is -1.80. The van der Waals surface area contributed by atoms with Crippen molar-refractivity contribution >= 4 is 13.5 Å². The molecule has 0 saturated carbocycles. The van der Waals surface area contributed by atoms with E-state index in [4.69, 9.17) is 0 Å². The zero-order valence-corrected chi connectivity index (χ0v) is 12.3. The molecule has 17 heavy (non-hydrogen) atoms. The van der Waals surface area contributed by atoms with Gasteiger partial charge in [-0.25, -0.2) is 0 Å². The molecule has 0 nitrogen and oxygen atoms in total. The molecule has 0 heterocycles. The molecule has 0 unspecified atom stereocenters. The van der Waals surface area contributed by atoms with Crippen LogP contribution in [-0.4, -0.2) is 0 Å². The van der Waals surface area contributed by atoms with Gasteiger partial charge in [-0.05, 0) is 51.4 Å². The van der Waals surface area contributed by atoms with Crippen LogP contribution in [0.4, 0.5) is 0 Å². The summed E-state index contributed by atoms with van der Waals surface area (Å²) < 4.78 is 0. The average Bonchev–Trinajstić information content (AvgIpc) is 2.15. The van der Waals surface area contributed by atoms with Gasteiger partial charge >= 0.3 is 0 Å². The lowest BCUT2D eigenvalue weighted by molar-refractivity contribution is 0.638. The van der Waals surface area contributed by atoms with E-state index in [9.17, 15) is 0 Å². The van der Waals surface area contributed by atoms with Crippen molar-refractivity contribution in [1.29, 1.82) is 0 Å². The van der Waals surface area contributed by atoms with E-state index in [2.05, 4.69) is 24.3 Å². The van der Waals surface area contributed by atoms with E-state index in [0.29, 0.717) is 0 Å².